The number of likely N-dealkylation sites (N-methyl/N-ethyl adjacent to an activating group) is 1. The minimum atomic E-state index is -1.18. The highest BCUT2D eigenvalue weighted by atomic mass is 16.4. The fraction of sp³-hybridized carbons (Fsp3) is 0.250. The van der Waals surface area contributed by atoms with Crippen LogP contribution >= 0.6 is 0 Å². The lowest BCUT2D eigenvalue weighted by molar-refractivity contribution is -0.137. The molecule has 0 aromatic carbocycles. The van der Waals surface area contributed by atoms with Gasteiger partial charge in [0.1, 0.15) is 11.7 Å². The Hall–Kier alpha value is -2.97. The van der Waals surface area contributed by atoms with E-state index < -0.39 is 23.9 Å². The Morgan fingerprint density at radius 2 is 2.10 bits per heavy atom. The molecule has 9 heteroatoms. The molecular formula is C12H12N4O5. The molecule has 21 heavy (non-hydrogen) atoms. The number of carboxylic acids is 1. The summed E-state index contributed by atoms with van der Waals surface area (Å²) < 4.78 is 0. The summed E-state index contributed by atoms with van der Waals surface area (Å²) in [6.45, 7) is 0. The second kappa shape index (κ2) is 5.57. The standard InChI is InChI=1S/C12H12N4O5/c1-16-9(17)4-8(10(16)18)15-12(21)14-6-2-3-7(11(19)20)13-5-6/h2-3,5,8H,4H2,1H3,(H,19,20)(H2,14,15,21). The van der Waals surface area contributed by atoms with Crippen molar-refractivity contribution >= 4 is 29.5 Å². The zero-order valence-corrected chi connectivity index (χ0v) is 11.0. The fourth-order valence-electron chi connectivity index (χ4n) is 1.79. The molecule has 0 aliphatic carbocycles. The van der Waals surface area contributed by atoms with E-state index >= 15 is 0 Å². The van der Waals surface area contributed by atoms with Gasteiger partial charge in [0.2, 0.25) is 5.91 Å². The monoisotopic (exact) mass is 292 g/mol. The average molecular weight is 292 g/mol. The van der Waals surface area contributed by atoms with Gasteiger partial charge in [-0.15, -0.1) is 0 Å². The van der Waals surface area contributed by atoms with Crippen LogP contribution in [0.3, 0.4) is 0 Å². The molecule has 0 saturated carbocycles. The van der Waals surface area contributed by atoms with Gasteiger partial charge in [-0.1, -0.05) is 0 Å². The van der Waals surface area contributed by atoms with Crippen molar-refractivity contribution in [1.29, 1.82) is 0 Å². The van der Waals surface area contributed by atoms with E-state index in [-0.39, 0.29) is 23.7 Å². The van der Waals surface area contributed by atoms with Crippen LogP contribution < -0.4 is 10.6 Å². The molecule has 1 fully saturated rings. The predicted molar refractivity (Wildman–Crippen MR) is 69.5 cm³/mol. The number of urea groups is 1. The third-order valence-corrected chi connectivity index (χ3v) is 2.93. The molecule has 1 aliphatic rings. The number of carbonyl (C=O) groups excluding carboxylic acids is 3. The number of aromatic nitrogens is 1. The van der Waals surface area contributed by atoms with Crippen molar-refractivity contribution in [3.63, 3.8) is 0 Å². The van der Waals surface area contributed by atoms with Crippen LogP contribution in [0.25, 0.3) is 0 Å². The summed E-state index contributed by atoms with van der Waals surface area (Å²) in [7, 11) is 1.35. The molecule has 2 heterocycles. The van der Waals surface area contributed by atoms with E-state index in [0.29, 0.717) is 0 Å². The van der Waals surface area contributed by atoms with Crippen LogP contribution in [0, 0.1) is 0 Å². The fourth-order valence-corrected chi connectivity index (χ4v) is 1.79. The first kappa shape index (κ1) is 14.4. The molecule has 1 aromatic heterocycles. The van der Waals surface area contributed by atoms with Crippen molar-refractivity contribution in [2.75, 3.05) is 12.4 Å². The van der Waals surface area contributed by atoms with E-state index in [9.17, 15) is 19.2 Å². The van der Waals surface area contributed by atoms with Crippen molar-refractivity contribution < 1.29 is 24.3 Å². The third kappa shape index (κ3) is 3.14. The van der Waals surface area contributed by atoms with E-state index in [2.05, 4.69) is 15.6 Å². The summed E-state index contributed by atoms with van der Waals surface area (Å²) in [6, 6.07) is 1.02. The SMILES string of the molecule is CN1C(=O)CC(NC(=O)Nc2ccc(C(=O)O)nc2)C1=O. The molecule has 3 N–H and O–H groups in total. The summed E-state index contributed by atoms with van der Waals surface area (Å²) in [5.41, 5.74) is 0.113. The number of anilines is 1. The number of aromatic carboxylic acids is 1. The maximum atomic E-state index is 11.7. The summed E-state index contributed by atoms with van der Waals surface area (Å²) in [6.07, 6.45) is 1.09. The summed E-state index contributed by atoms with van der Waals surface area (Å²) in [5.74, 6) is -2.02. The van der Waals surface area contributed by atoms with Crippen LogP contribution in [0.5, 0.6) is 0 Å². The number of nitrogens with zero attached hydrogens (tertiary/aromatic N) is 2. The van der Waals surface area contributed by atoms with Gasteiger partial charge in [0.05, 0.1) is 18.3 Å². The number of carboxylic acid groups (broad SMARTS) is 1. The van der Waals surface area contributed by atoms with E-state index in [4.69, 9.17) is 5.11 Å². The summed E-state index contributed by atoms with van der Waals surface area (Å²) in [5, 5.41) is 13.5. The highest BCUT2D eigenvalue weighted by molar-refractivity contribution is 6.07. The second-order valence-electron chi connectivity index (χ2n) is 4.38. The van der Waals surface area contributed by atoms with Crippen molar-refractivity contribution in [1.82, 2.24) is 15.2 Å². The molecule has 2 rings (SSSR count). The minimum Gasteiger partial charge on any atom is -0.477 e. The molecule has 1 aromatic rings. The zero-order valence-electron chi connectivity index (χ0n) is 11.0. The largest absolute Gasteiger partial charge is 0.477 e. The predicted octanol–water partition coefficient (Wildman–Crippen LogP) is -0.341. The van der Waals surface area contributed by atoms with Gasteiger partial charge in [-0.05, 0) is 12.1 Å². The molecule has 1 atom stereocenters. The van der Waals surface area contributed by atoms with Gasteiger partial charge in [-0.3, -0.25) is 14.5 Å². The number of likely N-dealkylation sites (tertiary alicyclic amines) is 1. The van der Waals surface area contributed by atoms with Crippen LogP contribution in [0.2, 0.25) is 0 Å². The molecule has 0 spiro atoms. The Labute approximate surface area is 118 Å². The van der Waals surface area contributed by atoms with E-state index in [0.717, 1.165) is 4.90 Å². The number of carbonyl (C=O) groups is 4. The van der Waals surface area contributed by atoms with Crippen LogP contribution in [-0.2, 0) is 9.59 Å². The first-order valence-electron chi connectivity index (χ1n) is 5.95. The third-order valence-electron chi connectivity index (χ3n) is 2.93. The molecule has 1 unspecified atom stereocenters. The van der Waals surface area contributed by atoms with Gasteiger partial charge in [0, 0.05) is 7.05 Å². The van der Waals surface area contributed by atoms with E-state index in [1.54, 1.807) is 0 Å². The Bertz CT molecular complexity index is 613. The highest BCUT2D eigenvalue weighted by Crippen LogP contribution is 2.11. The molecule has 1 aliphatic heterocycles. The lowest BCUT2D eigenvalue weighted by Gasteiger charge is -2.12. The lowest BCUT2D eigenvalue weighted by Crippen LogP contribution is -2.42. The molecule has 0 radical (unpaired) electrons. The molecule has 1 saturated heterocycles. The van der Waals surface area contributed by atoms with Gasteiger partial charge < -0.3 is 15.7 Å². The van der Waals surface area contributed by atoms with E-state index in [1.807, 2.05) is 0 Å². The number of imide groups is 1. The number of hydrogen-bond acceptors (Lipinski definition) is 5. The Kier molecular flexibility index (Phi) is 3.83. The Morgan fingerprint density at radius 3 is 2.57 bits per heavy atom. The first-order chi connectivity index (χ1) is 9.88. The molecule has 9 nitrogen and oxygen atoms in total. The highest BCUT2D eigenvalue weighted by Gasteiger charge is 2.36. The Balaban J connectivity index is 1.94. The van der Waals surface area contributed by atoms with Crippen molar-refractivity contribution in [3.8, 4) is 0 Å². The number of nitrogens with one attached hydrogen (secondary N) is 2. The second-order valence-corrected chi connectivity index (χ2v) is 4.38. The number of pyridine rings is 1. The van der Waals surface area contributed by atoms with Crippen LogP contribution in [-0.4, -0.2) is 51.9 Å². The number of rotatable bonds is 3. The molecule has 110 valence electrons. The van der Waals surface area contributed by atoms with Gasteiger partial charge in [-0.25, -0.2) is 14.6 Å². The molecule has 0 bridgehead atoms. The smallest absolute Gasteiger partial charge is 0.354 e. The van der Waals surface area contributed by atoms with Crippen LogP contribution in [0.4, 0.5) is 10.5 Å². The topological polar surface area (TPSA) is 129 Å². The minimum absolute atomic E-state index is 0.0844. The number of hydrogen-bond donors (Lipinski definition) is 3. The van der Waals surface area contributed by atoms with Crippen LogP contribution in [0.1, 0.15) is 16.9 Å². The van der Waals surface area contributed by atoms with Crippen LogP contribution in [0.15, 0.2) is 18.3 Å². The van der Waals surface area contributed by atoms with Gasteiger partial charge in [0.25, 0.3) is 5.91 Å². The maximum absolute atomic E-state index is 11.7. The normalized spacial score (nSPS) is 17.8. The van der Waals surface area contributed by atoms with Crippen molar-refractivity contribution in [2.45, 2.75) is 12.5 Å². The average Bonchev–Trinajstić information content (AvgIpc) is 2.67. The summed E-state index contributed by atoms with van der Waals surface area (Å²) in [4.78, 5) is 49.8. The Morgan fingerprint density at radius 1 is 1.38 bits per heavy atom. The first-order valence-corrected chi connectivity index (χ1v) is 5.95. The molecule has 4 amide bonds. The van der Waals surface area contributed by atoms with Gasteiger partial charge in [-0.2, -0.15) is 0 Å². The molecular weight excluding hydrogens is 280 g/mol. The van der Waals surface area contributed by atoms with Crippen molar-refractivity contribution in [2.24, 2.45) is 0 Å². The van der Waals surface area contributed by atoms with Gasteiger partial charge in [0.15, 0.2) is 0 Å². The quantitative estimate of drug-likeness (QED) is 0.654. The summed E-state index contributed by atoms with van der Waals surface area (Å²) >= 11 is 0. The maximum Gasteiger partial charge on any atom is 0.354 e. The van der Waals surface area contributed by atoms with Crippen molar-refractivity contribution in [3.05, 3.63) is 24.0 Å². The zero-order chi connectivity index (χ0) is 15.6. The van der Waals surface area contributed by atoms with E-state index in [1.165, 1.54) is 25.4 Å². The number of amides is 4. The van der Waals surface area contributed by atoms with Gasteiger partial charge >= 0.3 is 12.0 Å². The lowest BCUT2D eigenvalue weighted by atomic mass is 10.2.